The maximum absolute atomic E-state index is 13.7. The summed E-state index contributed by atoms with van der Waals surface area (Å²) in [6.45, 7) is 5.53. The van der Waals surface area contributed by atoms with Gasteiger partial charge in [0.15, 0.2) is 9.75 Å². The molecule has 1 heterocycles. The zero-order chi connectivity index (χ0) is 21.8. The van der Waals surface area contributed by atoms with Gasteiger partial charge in [-0.05, 0) is 48.7 Å². The summed E-state index contributed by atoms with van der Waals surface area (Å²) in [6, 6.07) is 10.0. The Morgan fingerprint density at radius 3 is 2.47 bits per heavy atom. The lowest BCUT2D eigenvalue weighted by Crippen LogP contribution is -2.54. The number of phenols is 1. The van der Waals surface area contributed by atoms with Gasteiger partial charge in [0.2, 0.25) is 0 Å². The molecule has 154 valence electrons. The molecule has 2 aliphatic rings. The van der Waals surface area contributed by atoms with Crippen molar-refractivity contribution in [2.75, 3.05) is 4.90 Å². The SMILES string of the molecule is C=CC1=CCC2(Cl)C(=O)N(c3ccc(F)cc3)C(=O)C2(Cl)C1c1cccc(C)c1O. The second-order valence-electron chi connectivity index (χ2n) is 7.49. The molecule has 30 heavy (non-hydrogen) atoms. The maximum atomic E-state index is 13.7. The van der Waals surface area contributed by atoms with E-state index in [1.807, 2.05) is 0 Å². The quantitative estimate of drug-likeness (QED) is 0.535. The van der Waals surface area contributed by atoms with Crippen LogP contribution in [0.25, 0.3) is 0 Å². The number of carbonyl (C=O) groups is 2. The topological polar surface area (TPSA) is 57.6 Å². The molecule has 2 amide bonds. The summed E-state index contributed by atoms with van der Waals surface area (Å²) in [5.41, 5.74) is 1.73. The third-order valence-electron chi connectivity index (χ3n) is 5.88. The molecule has 2 aromatic rings. The van der Waals surface area contributed by atoms with E-state index >= 15 is 0 Å². The Bertz CT molecular complexity index is 1110. The van der Waals surface area contributed by atoms with Crippen molar-refractivity contribution in [3.05, 3.63) is 83.7 Å². The Labute approximate surface area is 183 Å². The van der Waals surface area contributed by atoms with Gasteiger partial charge in [-0.2, -0.15) is 0 Å². The zero-order valence-electron chi connectivity index (χ0n) is 16.0. The normalized spacial score (nSPS) is 28.3. The lowest BCUT2D eigenvalue weighted by molar-refractivity contribution is -0.122. The largest absolute Gasteiger partial charge is 0.507 e. The zero-order valence-corrected chi connectivity index (χ0v) is 17.5. The third kappa shape index (κ3) is 2.58. The molecule has 4 nitrogen and oxygen atoms in total. The Hall–Kier alpha value is -2.63. The minimum absolute atomic E-state index is 0.00472. The van der Waals surface area contributed by atoms with Gasteiger partial charge in [0.05, 0.1) is 5.69 Å². The van der Waals surface area contributed by atoms with Crippen molar-refractivity contribution in [2.45, 2.75) is 29.0 Å². The third-order valence-corrected chi connectivity index (χ3v) is 7.30. The summed E-state index contributed by atoms with van der Waals surface area (Å²) < 4.78 is 13.4. The number of carbonyl (C=O) groups excluding carboxylic acids is 2. The number of amides is 2. The maximum Gasteiger partial charge on any atom is 0.258 e. The molecular weight excluding hydrogens is 428 g/mol. The van der Waals surface area contributed by atoms with E-state index < -0.39 is 33.3 Å². The fourth-order valence-electron chi connectivity index (χ4n) is 4.29. The Morgan fingerprint density at radius 2 is 1.83 bits per heavy atom. The Balaban J connectivity index is 1.95. The van der Waals surface area contributed by atoms with Gasteiger partial charge in [0.1, 0.15) is 11.6 Å². The molecule has 0 bridgehead atoms. The van der Waals surface area contributed by atoms with E-state index in [1.54, 1.807) is 37.3 Å². The Kier molecular flexibility index (Phi) is 4.79. The van der Waals surface area contributed by atoms with Crippen LogP contribution in [0.1, 0.15) is 23.5 Å². The number of imide groups is 1. The van der Waals surface area contributed by atoms with E-state index in [9.17, 15) is 19.1 Å². The van der Waals surface area contributed by atoms with Crippen molar-refractivity contribution < 1.29 is 19.1 Å². The predicted octanol–water partition coefficient (Wildman–Crippen LogP) is 4.97. The molecule has 1 aliphatic heterocycles. The van der Waals surface area contributed by atoms with Crippen LogP contribution in [0.15, 0.2) is 66.8 Å². The van der Waals surface area contributed by atoms with E-state index in [4.69, 9.17) is 23.2 Å². The molecule has 1 N–H and O–H groups in total. The Morgan fingerprint density at radius 1 is 1.17 bits per heavy atom. The van der Waals surface area contributed by atoms with Gasteiger partial charge >= 0.3 is 0 Å². The molecule has 1 saturated heterocycles. The van der Waals surface area contributed by atoms with E-state index in [1.165, 1.54) is 12.1 Å². The number of alkyl halides is 2. The van der Waals surface area contributed by atoms with E-state index in [2.05, 4.69) is 6.58 Å². The first-order valence-electron chi connectivity index (χ1n) is 9.30. The summed E-state index contributed by atoms with van der Waals surface area (Å²) in [5.74, 6) is -2.86. The number of halogens is 3. The molecule has 2 aromatic carbocycles. The molecule has 0 saturated carbocycles. The van der Waals surface area contributed by atoms with Crippen molar-refractivity contribution in [2.24, 2.45) is 0 Å². The minimum Gasteiger partial charge on any atom is -0.507 e. The van der Waals surface area contributed by atoms with Crippen LogP contribution in [0.5, 0.6) is 5.75 Å². The number of hydrogen-bond acceptors (Lipinski definition) is 3. The van der Waals surface area contributed by atoms with E-state index in [0.717, 1.165) is 17.0 Å². The number of benzene rings is 2. The first-order chi connectivity index (χ1) is 14.2. The van der Waals surface area contributed by atoms with Gasteiger partial charge in [-0.15, -0.1) is 23.2 Å². The van der Waals surface area contributed by atoms with Gasteiger partial charge in [0, 0.05) is 11.5 Å². The highest BCUT2D eigenvalue weighted by atomic mass is 35.5. The number of phenolic OH excluding ortho intramolecular Hbond substituents is 1. The number of allylic oxidation sites excluding steroid dienone is 3. The molecule has 0 radical (unpaired) electrons. The van der Waals surface area contributed by atoms with E-state index in [-0.39, 0.29) is 17.9 Å². The van der Waals surface area contributed by atoms with Crippen LogP contribution in [0.4, 0.5) is 10.1 Å². The number of rotatable bonds is 3. The molecular formula is C23H18Cl2FNO3. The average Bonchev–Trinajstić information content (AvgIpc) is 2.88. The summed E-state index contributed by atoms with van der Waals surface area (Å²) in [6.07, 6.45) is 3.27. The highest BCUT2D eigenvalue weighted by Gasteiger charge is 2.73. The minimum atomic E-state index is -1.91. The van der Waals surface area contributed by atoms with Crippen LogP contribution in [-0.2, 0) is 9.59 Å². The highest BCUT2D eigenvalue weighted by Crippen LogP contribution is 2.60. The molecule has 3 unspecified atom stereocenters. The van der Waals surface area contributed by atoms with Gasteiger partial charge in [-0.3, -0.25) is 9.59 Å². The molecule has 4 rings (SSSR count). The van der Waals surface area contributed by atoms with Gasteiger partial charge in [-0.1, -0.05) is 36.9 Å². The molecule has 0 aromatic heterocycles. The van der Waals surface area contributed by atoms with Crippen LogP contribution in [-0.4, -0.2) is 26.7 Å². The monoisotopic (exact) mass is 445 g/mol. The number of para-hydroxylation sites is 1. The lowest BCUT2D eigenvalue weighted by Gasteiger charge is -2.42. The van der Waals surface area contributed by atoms with Crippen molar-refractivity contribution in [1.82, 2.24) is 0 Å². The molecule has 1 aliphatic carbocycles. The van der Waals surface area contributed by atoms with Gasteiger partial charge < -0.3 is 5.11 Å². The molecule has 3 atom stereocenters. The van der Waals surface area contributed by atoms with Crippen molar-refractivity contribution in [1.29, 1.82) is 0 Å². The predicted molar refractivity (Wildman–Crippen MR) is 115 cm³/mol. The fraction of sp³-hybridized carbons (Fsp3) is 0.217. The van der Waals surface area contributed by atoms with Crippen LogP contribution < -0.4 is 4.90 Å². The van der Waals surface area contributed by atoms with Gasteiger partial charge in [-0.25, -0.2) is 9.29 Å². The van der Waals surface area contributed by atoms with Crippen LogP contribution >= 0.6 is 23.2 Å². The average molecular weight is 446 g/mol. The molecule has 7 heteroatoms. The summed E-state index contributed by atoms with van der Waals surface area (Å²) in [5, 5.41) is 10.7. The fourth-order valence-corrected chi connectivity index (χ4v) is 5.12. The number of anilines is 1. The number of fused-ring (bicyclic) bond motifs is 1. The second-order valence-corrected chi connectivity index (χ2v) is 8.73. The van der Waals surface area contributed by atoms with Crippen LogP contribution in [0, 0.1) is 12.7 Å². The summed E-state index contributed by atoms with van der Waals surface area (Å²) >= 11 is 13.8. The summed E-state index contributed by atoms with van der Waals surface area (Å²) in [7, 11) is 0. The lowest BCUT2D eigenvalue weighted by atomic mass is 9.68. The molecule has 1 fully saturated rings. The standard InChI is InChI=1S/C23H18Cl2FNO3/c1-3-14-11-12-22(24)20(29)27(16-9-7-15(26)8-10-16)21(30)23(22,25)18(14)17-6-4-5-13(2)19(17)28/h3-11,18,28H,1,12H2,2H3. The number of aryl methyl sites for hydroxylation is 1. The van der Waals surface area contributed by atoms with E-state index in [0.29, 0.717) is 16.7 Å². The second kappa shape index (κ2) is 6.96. The number of hydrogen-bond donors (Lipinski definition) is 1. The van der Waals surface area contributed by atoms with Crippen LogP contribution in [0.2, 0.25) is 0 Å². The van der Waals surface area contributed by atoms with Crippen LogP contribution in [0.3, 0.4) is 0 Å². The highest BCUT2D eigenvalue weighted by molar-refractivity contribution is 6.58. The summed E-state index contributed by atoms with van der Waals surface area (Å²) in [4.78, 5) is 24.2. The molecule has 0 spiro atoms. The smallest absolute Gasteiger partial charge is 0.258 e. The van der Waals surface area contributed by atoms with Gasteiger partial charge in [0.25, 0.3) is 11.8 Å². The number of aromatic hydroxyl groups is 1. The van der Waals surface area contributed by atoms with Crippen molar-refractivity contribution in [3.63, 3.8) is 0 Å². The first-order valence-corrected chi connectivity index (χ1v) is 10.1. The van der Waals surface area contributed by atoms with Crippen molar-refractivity contribution in [3.8, 4) is 5.75 Å². The number of nitrogens with zero attached hydrogens (tertiary/aromatic N) is 1. The first kappa shape index (κ1) is 20.6. The van der Waals surface area contributed by atoms with Crippen molar-refractivity contribution >= 4 is 40.7 Å².